The molecule has 2 N–H and O–H groups in total. The van der Waals surface area contributed by atoms with Gasteiger partial charge in [0, 0.05) is 6.54 Å². The lowest BCUT2D eigenvalue weighted by atomic mass is 10.1. The standard InChI is InChI=1S/C19H16Cl3N3O2/c1-11-3-2-4-12(7-11)17(26)10-23-16-6-5-13(8-14(16)20)25-19(27)18(22)15(21)9-24-25/h2-9,17,23,26H,10H2,1H3. The minimum Gasteiger partial charge on any atom is -0.387 e. The molecule has 0 aliphatic carbocycles. The van der Waals surface area contributed by atoms with Crippen LogP contribution in [-0.2, 0) is 0 Å². The Labute approximate surface area is 171 Å². The molecule has 0 saturated heterocycles. The van der Waals surface area contributed by atoms with Gasteiger partial charge in [-0.1, -0.05) is 64.6 Å². The Bertz CT molecular complexity index is 1040. The minimum atomic E-state index is -0.681. The van der Waals surface area contributed by atoms with Gasteiger partial charge in [0.25, 0.3) is 5.56 Å². The van der Waals surface area contributed by atoms with E-state index in [2.05, 4.69) is 10.4 Å². The number of anilines is 1. The van der Waals surface area contributed by atoms with Crippen molar-refractivity contribution in [1.29, 1.82) is 0 Å². The van der Waals surface area contributed by atoms with Crippen LogP contribution in [0.1, 0.15) is 17.2 Å². The van der Waals surface area contributed by atoms with Crippen molar-refractivity contribution in [3.63, 3.8) is 0 Å². The summed E-state index contributed by atoms with van der Waals surface area (Å²) in [6, 6.07) is 12.6. The van der Waals surface area contributed by atoms with Gasteiger partial charge in [0.1, 0.15) is 5.02 Å². The topological polar surface area (TPSA) is 67.2 Å². The van der Waals surface area contributed by atoms with Crippen molar-refractivity contribution in [2.24, 2.45) is 0 Å². The third kappa shape index (κ3) is 4.45. The number of hydrogen-bond donors (Lipinski definition) is 2. The molecule has 0 fully saturated rings. The lowest BCUT2D eigenvalue weighted by molar-refractivity contribution is 0.191. The van der Waals surface area contributed by atoms with Crippen LogP contribution in [0.15, 0.2) is 53.5 Å². The average Bonchev–Trinajstić information content (AvgIpc) is 2.65. The molecule has 0 bridgehead atoms. The van der Waals surface area contributed by atoms with E-state index in [-0.39, 0.29) is 16.6 Å². The summed E-state index contributed by atoms with van der Waals surface area (Å²) in [6.07, 6.45) is 0.615. The van der Waals surface area contributed by atoms with Crippen LogP contribution in [0.4, 0.5) is 5.69 Å². The number of rotatable bonds is 5. The van der Waals surface area contributed by atoms with Gasteiger partial charge < -0.3 is 10.4 Å². The minimum absolute atomic E-state index is 0.0902. The highest BCUT2D eigenvalue weighted by molar-refractivity contribution is 6.41. The summed E-state index contributed by atoms with van der Waals surface area (Å²) in [5, 5.41) is 17.8. The van der Waals surface area contributed by atoms with Crippen molar-refractivity contribution in [1.82, 2.24) is 9.78 Å². The van der Waals surface area contributed by atoms with Crippen LogP contribution in [0.5, 0.6) is 0 Å². The van der Waals surface area contributed by atoms with Crippen molar-refractivity contribution in [2.45, 2.75) is 13.0 Å². The number of nitrogens with zero attached hydrogens (tertiary/aromatic N) is 2. The number of hydrogen-bond acceptors (Lipinski definition) is 4. The largest absolute Gasteiger partial charge is 0.387 e. The molecule has 140 valence electrons. The Morgan fingerprint density at radius 1 is 1.15 bits per heavy atom. The number of aromatic nitrogens is 2. The first kappa shape index (κ1) is 19.7. The molecular weight excluding hydrogens is 409 g/mol. The molecule has 0 spiro atoms. The van der Waals surface area contributed by atoms with Crippen LogP contribution in [0, 0.1) is 6.92 Å². The molecule has 3 aromatic rings. The van der Waals surface area contributed by atoms with Crippen molar-refractivity contribution in [3.05, 3.63) is 85.2 Å². The van der Waals surface area contributed by atoms with Crippen LogP contribution >= 0.6 is 34.8 Å². The summed E-state index contributed by atoms with van der Waals surface area (Å²) in [6.45, 7) is 2.26. The average molecular weight is 425 g/mol. The zero-order valence-electron chi connectivity index (χ0n) is 14.3. The van der Waals surface area contributed by atoms with Crippen LogP contribution in [0.25, 0.3) is 5.69 Å². The molecule has 1 atom stereocenters. The van der Waals surface area contributed by atoms with Gasteiger partial charge in [-0.15, -0.1) is 0 Å². The fraction of sp³-hybridized carbons (Fsp3) is 0.158. The van der Waals surface area contributed by atoms with E-state index in [9.17, 15) is 9.90 Å². The van der Waals surface area contributed by atoms with E-state index in [4.69, 9.17) is 34.8 Å². The normalized spacial score (nSPS) is 12.0. The molecule has 1 aromatic heterocycles. The van der Waals surface area contributed by atoms with E-state index in [1.54, 1.807) is 18.2 Å². The molecule has 5 nitrogen and oxygen atoms in total. The second-order valence-corrected chi connectivity index (χ2v) is 7.19. The van der Waals surface area contributed by atoms with Gasteiger partial charge in [0.15, 0.2) is 0 Å². The number of aliphatic hydroxyl groups is 1. The summed E-state index contributed by atoms with van der Waals surface area (Å²) < 4.78 is 1.12. The van der Waals surface area contributed by atoms with Crippen LogP contribution in [-0.4, -0.2) is 21.4 Å². The first-order chi connectivity index (χ1) is 12.9. The molecular formula is C19H16Cl3N3O2. The zero-order valence-corrected chi connectivity index (χ0v) is 16.6. The van der Waals surface area contributed by atoms with E-state index in [0.29, 0.717) is 16.4 Å². The molecule has 0 radical (unpaired) electrons. The number of aryl methyl sites for hydroxylation is 1. The SMILES string of the molecule is Cc1cccc(C(O)CNc2ccc(-n3ncc(Cl)c(Cl)c3=O)cc2Cl)c1. The van der Waals surface area contributed by atoms with E-state index >= 15 is 0 Å². The molecule has 0 amide bonds. The second kappa shape index (κ2) is 8.31. The number of halogens is 3. The molecule has 3 rings (SSSR count). The van der Waals surface area contributed by atoms with Crippen LogP contribution < -0.4 is 10.9 Å². The van der Waals surface area contributed by atoms with Crippen LogP contribution in [0.3, 0.4) is 0 Å². The molecule has 0 saturated carbocycles. The molecule has 8 heteroatoms. The Balaban J connectivity index is 1.78. The van der Waals surface area contributed by atoms with E-state index < -0.39 is 11.7 Å². The number of nitrogens with one attached hydrogen (secondary N) is 1. The number of aliphatic hydroxyl groups excluding tert-OH is 1. The maximum Gasteiger partial charge on any atom is 0.291 e. The summed E-state index contributed by atoms with van der Waals surface area (Å²) in [5.41, 5.74) is 2.44. The molecule has 0 aliphatic rings. The highest BCUT2D eigenvalue weighted by Crippen LogP contribution is 2.26. The summed E-state index contributed by atoms with van der Waals surface area (Å²) >= 11 is 18.0. The van der Waals surface area contributed by atoms with Gasteiger partial charge in [-0.3, -0.25) is 4.79 Å². The van der Waals surface area contributed by atoms with Crippen molar-refractivity contribution in [2.75, 3.05) is 11.9 Å². The molecule has 1 heterocycles. The highest BCUT2D eigenvalue weighted by Gasteiger charge is 2.12. The second-order valence-electron chi connectivity index (χ2n) is 6.00. The predicted octanol–water partition coefficient (Wildman–Crippen LogP) is 4.65. The van der Waals surface area contributed by atoms with E-state index in [0.717, 1.165) is 15.8 Å². The molecule has 1 unspecified atom stereocenters. The van der Waals surface area contributed by atoms with Crippen molar-refractivity contribution >= 4 is 40.5 Å². The van der Waals surface area contributed by atoms with E-state index in [1.165, 1.54) is 6.20 Å². The van der Waals surface area contributed by atoms with Gasteiger partial charge in [-0.2, -0.15) is 9.78 Å². The molecule has 27 heavy (non-hydrogen) atoms. The fourth-order valence-corrected chi connectivity index (χ4v) is 3.07. The van der Waals surface area contributed by atoms with Gasteiger partial charge >= 0.3 is 0 Å². The quantitative estimate of drug-likeness (QED) is 0.626. The molecule has 2 aromatic carbocycles. The van der Waals surface area contributed by atoms with Crippen LogP contribution in [0.2, 0.25) is 15.1 Å². The Morgan fingerprint density at radius 3 is 2.63 bits per heavy atom. The fourth-order valence-electron chi connectivity index (χ4n) is 2.58. The van der Waals surface area contributed by atoms with Gasteiger partial charge in [-0.05, 0) is 30.7 Å². The summed E-state index contributed by atoms with van der Waals surface area (Å²) in [5.74, 6) is 0. The van der Waals surface area contributed by atoms with Gasteiger partial charge in [0.2, 0.25) is 0 Å². The first-order valence-electron chi connectivity index (χ1n) is 8.08. The third-order valence-corrected chi connectivity index (χ3v) is 5.05. The predicted molar refractivity (Wildman–Crippen MR) is 109 cm³/mol. The Morgan fingerprint density at radius 2 is 1.93 bits per heavy atom. The maximum absolute atomic E-state index is 12.2. The van der Waals surface area contributed by atoms with Gasteiger partial charge in [-0.25, -0.2) is 0 Å². The summed E-state index contributed by atoms with van der Waals surface area (Å²) in [7, 11) is 0. The Kier molecular flexibility index (Phi) is 6.07. The smallest absolute Gasteiger partial charge is 0.291 e. The lowest BCUT2D eigenvalue weighted by Crippen LogP contribution is -2.21. The highest BCUT2D eigenvalue weighted by atomic mass is 35.5. The third-order valence-electron chi connectivity index (χ3n) is 3.99. The maximum atomic E-state index is 12.2. The van der Waals surface area contributed by atoms with Crippen molar-refractivity contribution in [3.8, 4) is 5.69 Å². The summed E-state index contributed by atoms with van der Waals surface area (Å²) in [4.78, 5) is 12.2. The Hall–Kier alpha value is -2.05. The number of benzene rings is 2. The first-order valence-corrected chi connectivity index (χ1v) is 9.22. The van der Waals surface area contributed by atoms with Crippen molar-refractivity contribution < 1.29 is 5.11 Å². The molecule has 0 aliphatic heterocycles. The lowest BCUT2D eigenvalue weighted by Gasteiger charge is -2.15. The van der Waals surface area contributed by atoms with Gasteiger partial charge in [0.05, 0.1) is 33.7 Å². The monoisotopic (exact) mass is 423 g/mol. The van der Waals surface area contributed by atoms with E-state index in [1.807, 2.05) is 31.2 Å². The zero-order chi connectivity index (χ0) is 19.6.